The number of esters is 1. The number of nitrogens with zero attached hydrogens (tertiary/aromatic N) is 2. The van der Waals surface area contributed by atoms with Crippen LogP contribution in [0.4, 0.5) is 5.69 Å². The molecule has 2 amide bonds. The van der Waals surface area contributed by atoms with Gasteiger partial charge < -0.3 is 4.74 Å². The van der Waals surface area contributed by atoms with Gasteiger partial charge in [0.25, 0.3) is 5.91 Å². The molecule has 1 N–H and O–H groups in total. The van der Waals surface area contributed by atoms with E-state index in [1.807, 2.05) is 30.3 Å². The molecule has 2 aliphatic heterocycles. The van der Waals surface area contributed by atoms with Crippen molar-refractivity contribution in [1.29, 1.82) is 0 Å². The Kier molecular flexibility index (Phi) is 3.09. The van der Waals surface area contributed by atoms with Crippen molar-refractivity contribution in [3.63, 3.8) is 0 Å². The number of carbonyl (C=O) groups is 3. The van der Waals surface area contributed by atoms with Crippen LogP contribution in [0.2, 0.25) is 0 Å². The predicted octanol–water partition coefficient (Wildman–Crippen LogP) is 0.830. The Labute approximate surface area is 136 Å². The highest BCUT2D eigenvalue weighted by Crippen LogP contribution is 2.34. The van der Waals surface area contributed by atoms with Crippen LogP contribution in [0.3, 0.4) is 0 Å². The Morgan fingerprint density at radius 2 is 1.88 bits per heavy atom. The summed E-state index contributed by atoms with van der Waals surface area (Å²) in [4.78, 5) is 38.5. The van der Waals surface area contributed by atoms with Crippen LogP contribution in [-0.4, -0.2) is 36.6 Å². The summed E-state index contributed by atoms with van der Waals surface area (Å²) < 4.78 is 4.65. The summed E-state index contributed by atoms with van der Waals surface area (Å²) in [6.07, 6.45) is 0. The molecular formula is C17H13N3O4. The molecule has 1 fully saturated rings. The molecule has 0 saturated carbocycles. The maximum Gasteiger partial charge on any atom is 0.355 e. The molecule has 0 bridgehead atoms. The number of nitrogens with one attached hydrogen (secondary N) is 1. The number of carbonyl (C=O) groups excluding carboxylic acids is 3. The van der Waals surface area contributed by atoms with Gasteiger partial charge in [0.15, 0.2) is 5.71 Å². The molecule has 0 radical (unpaired) electrons. The van der Waals surface area contributed by atoms with E-state index in [2.05, 4.69) is 15.3 Å². The first-order valence-corrected chi connectivity index (χ1v) is 7.40. The largest absolute Gasteiger partial charge is 0.464 e. The Morgan fingerprint density at radius 1 is 1.12 bits per heavy atom. The number of amides is 2. The van der Waals surface area contributed by atoms with Crippen LogP contribution in [0.15, 0.2) is 47.6 Å². The Balaban J connectivity index is 1.81. The molecule has 2 heterocycles. The number of anilines is 1. The first-order valence-electron chi connectivity index (χ1n) is 7.40. The van der Waals surface area contributed by atoms with Crippen molar-refractivity contribution >= 4 is 40.0 Å². The van der Waals surface area contributed by atoms with Gasteiger partial charge in [-0.1, -0.05) is 36.4 Å². The number of fused-ring (bicyclic) bond motifs is 2. The molecular weight excluding hydrogens is 310 g/mol. The van der Waals surface area contributed by atoms with Gasteiger partial charge in [0.2, 0.25) is 5.91 Å². The minimum atomic E-state index is -0.955. The maximum atomic E-state index is 12.8. The minimum Gasteiger partial charge on any atom is -0.464 e. The Bertz CT molecular complexity index is 916. The van der Waals surface area contributed by atoms with Crippen molar-refractivity contribution in [3.05, 3.63) is 42.5 Å². The molecule has 2 aliphatic rings. The second kappa shape index (κ2) is 5.16. The lowest BCUT2D eigenvalue weighted by Crippen LogP contribution is -2.36. The normalized spacial score (nSPS) is 22.4. The first kappa shape index (κ1) is 14.4. The Morgan fingerprint density at radius 3 is 2.67 bits per heavy atom. The summed E-state index contributed by atoms with van der Waals surface area (Å²) in [5.74, 6) is -2.57. The van der Waals surface area contributed by atoms with Crippen molar-refractivity contribution in [3.8, 4) is 0 Å². The standard InChI is InChI=1S/C17H13N3O4/c1-24-17(23)14-12-13(18-19-14)16(22)20(15(12)21)11-8-4-6-9-5-2-3-7-10(9)11/h2-8,12-13,18H,1H3/t12-,13+/m1/s1. The van der Waals surface area contributed by atoms with Gasteiger partial charge >= 0.3 is 5.97 Å². The van der Waals surface area contributed by atoms with E-state index < -0.39 is 29.7 Å². The SMILES string of the molecule is COC(=O)C1=NN[C@@H]2C(=O)N(c3cccc4ccccc34)C(=O)[C@@H]12. The van der Waals surface area contributed by atoms with Gasteiger partial charge in [-0.05, 0) is 11.5 Å². The molecule has 0 aromatic heterocycles. The second-order valence-electron chi connectivity index (χ2n) is 5.58. The van der Waals surface area contributed by atoms with Crippen LogP contribution < -0.4 is 10.3 Å². The predicted molar refractivity (Wildman–Crippen MR) is 86.3 cm³/mol. The molecule has 4 rings (SSSR count). The van der Waals surface area contributed by atoms with Crippen molar-refractivity contribution < 1.29 is 19.1 Å². The monoisotopic (exact) mass is 323 g/mol. The van der Waals surface area contributed by atoms with E-state index in [9.17, 15) is 14.4 Å². The van der Waals surface area contributed by atoms with Crippen LogP contribution in [0.5, 0.6) is 0 Å². The average Bonchev–Trinajstić information content (AvgIpc) is 3.15. The zero-order valence-corrected chi connectivity index (χ0v) is 12.7. The highest BCUT2D eigenvalue weighted by molar-refractivity contribution is 6.47. The summed E-state index contributed by atoms with van der Waals surface area (Å²) in [7, 11) is 1.21. The minimum absolute atomic E-state index is 0.0661. The van der Waals surface area contributed by atoms with Gasteiger partial charge in [0.1, 0.15) is 12.0 Å². The lowest BCUT2D eigenvalue weighted by Gasteiger charge is -2.17. The summed E-state index contributed by atoms with van der Waals surface area (Å²) in [6, 6.07) is 12.0. The van der Waals surface area contributed by atoms with Gasteiger partial charge in [-0.15, -0.1) is 0 Å². The second-order valence-corrected chi connectivity index (χ2v) is 5.58. The Hall–Kier alpha value is -3.22. The number of rotatable bonds is 2. The third kappa shape index (κ3) is 1.84. The highest BCUT2D eigenvalue weighted by Gasteiger charge is 2.55. The number of ether oxygens (including phenoxy) is 1. The summed E-state index contributed by atoms with van der Waals surface area (Å²) >= 11 is 0. The van der Waals surface area contributed by atoms with Crippen molar-refractivity contribution in [2.45, 2.75) is 6.04 Å². The van der Waals surface area contributed by atoms with Crippen molar-refractivity contribution in [1.82, 2.24) is 5.43 Å². The third-order valence-corrected chi connectivity index (χ3v) is 4.33. The summed E-state index contributed by atoms with van der Waals surface area (Å²) in [5.41, 5.74) is 3.02. The molecule has 0 spiro atoms. The van der Waals surface area contributed by atoms with Crippen molar-refractivity contribution in [2.75, 3.05) is 12.0 Å². The quantitative estimate of drug-likeness (QED) is 0.653. The molecule has 0 unspecified atom stereocenters. The van der Waals surface area contributed by atoms with Gasteiger partial charge in [0, 0.05) is 5.39 Å². The van der Waals surface area contributed by atoms with Gasteiger partial charge in [0.05, 0.1) is 12.8 Å². The van der Waals surface area contributed by atoms with E-state index in [0.29, 0.717) is 5.69 Å². The number of hydrogen-bond donors (Lipinski definition) is 1. The molecule has 120 valence electrons. The zero-order chi connectivity index (χ0) is 16.8. The molecule has 7 nitrogen and oxygen atoms in total. The number of methoxy groups -OCH3 is 1. The fourth-order valence-electron chi connectivity index (χ4n) is 3.20. The smallest absolute Gasteiger partial charge is 0.355 e. The molecule has 7 heteroatoms. The average molecular weight is 323 g/mol. The fourth-order valence-corrected chi connectivity index (χ4v) is 3.20. The zero-order valence-electron chi connectivity index (χ0n) is 12.7. The van der Waals surface area contributed by atoms with E-state index in [1.54, 1.807) is 12.1 Å². The van der Waals surface area contributed by atoms with Gasteiger partial charge in [-0.25, -0.2) is 9.69 Å². The molecule has 2 atom stereocenters. The molecule has 2 aromatic carbocycles. The number of benzene rings is 2. The highest BCUT2D eigenvalue weighted by atomic mass is 16.5. The molecule has 1 saturated heterocycles. The lowest BCUT2D eigenvalue weighted by atomic mass is 9.99. The van der Waals surface area contributed by atoms with E-state index >= 15 is 0 Å². The van der Waals surface area contributed by atoms with E-state index in [1.165, 1.54) is 7.11 Å². The first-order chi connectivity index (χ1) is 11.6. The van der Waals surface area contributed by atoms with Crippen LogP contribution in [-0.2, 0) is 19.1 Å². The number of hydrazone groups is 1. The number of imide groups is 1. The summed E-state index contributed by atoms with van der Waals surface area (Å²) in [5, 5.41) is 5.52. The maximum absolute atomic E-state index is 12.8. The van der Waals surface area contributed by atoms with Crippen LogP contribution >= 0.6 is 0 Å². The van der Waals surface area contributed by atoms with Crippen LogP contribution in [0.25, 0.3) is 10.8 Å². The number of hydrogen-bond acceptors (Lipinski definition) is 6. The van der Waals surface area contributed by atoms with Gasteiger partial charge in [-0.3, -0.25) is 15.0 Å². The topological polar surface area (TPSA) is 88.1 Å². The molecule has 0 aliphatic carbocycles. The fraction of sp³-hybridized carbons (Fsp3) is 0.176. The molecule has 2 aromatic rings. The third-order valence-electron chi connectivity index (χ3n) is 4.33. The van der Waals surface area contributed by atoms with E-state index in [4.69, 9.17) is 0 Å². The molecule has 24 heavy (non-hydrogen) atoms. The van der Waals surface area contributed by atoms with Crippen LogP contribution in [0.1, 0.15) is 0 Å². The van der Waals surface area contributed by atoms with E-state index in [-0.39, 0.29) is 5.71 Å². The van der Waals surface area contributed by atoms with Gasteiger partial charge in [-0.2, -0.15) is 5.10 Å². The van der Waals surface area contributed by atoms with Crippen LogP contribution in [0, 0.1) is 5.92 Å². The van der Waals surface area contributed by atoms with Crippen molar-refractivity contribution in [2.24, 2.45) is 11.0 Å². The van der Waals surface area contributed by atoms with E-state index in [0.717, 1.165) is 15.7 Å². The summed E-state index contributed by atoms with van der Waals surface area (Å²) in [6.45, 7) is 0. The lowest BCUT2D eigenvalue weighted by molar-refractivity contribution is -0.133.